The van der Waals surface area contributed by atoms with Gasteiger partial charge in [0, 0.05) is 24.5 Å². The highest BCUT2D eigenvalue weighted by atomic mass is 32.1. The molecule has 24 heavy (non-hydrogen) atoms. The van der Waals surface area contributed by atoms with Crippen LogP contribution in [0.3, 0.4) is 0 Å². The molecule has 0 unspecified atom stereocenters. The van der Waals surface area contributed by atoms with Gasteiger partial charge in [0.2, 0.25) is 0 Å². The molecule has 1 aliphatic rings. The van der Waals surface area contributed by atoms with E-state index in [1.165, 1.54) is 4.88 Å². The molecule has 0 N–H and O–H groups in total. The van der Waals surface area contributed by atoms with Gasteiger partial charge in [-0.1, -0.05) is 11.2 Å². The number of aromatic nitrogens is 2. The van der Waals surface area contributed by atoms with E-state index in [2.05, 4.69) is 37.5 Å². The zero-order valence-corrected chi connectivity index (χ0v) is 14.2. The molecule has 6 nitrogen and oxygen atoms in total. The Hall–Kier alpha value is -1.96. The van der Waals surface area contributed by atoms with E-state index in [1.54, 1.807) is 6.26 Å². The summed E-state index contributed by atoms with van der Waals surface area (Å²) in [7, 11) is 0. The summed E-state index contributed by atoms with van der Waals surface area (Å²) in [6, 6.07) is 7.97. The topological polar surface area (TPSA) is 58.5 Å². The van der Waals surface area contributed by atoms with Crippen molar-refractivity contribution < 1.29 is 8.94 Å². The van der Waals surface area contributed by atoms with Crippen molar-refractivity contribution in [3.63, 3.8) is 0 Å². The Labute approximate surface area is 144 Å². The van der Waals surface area contributed by atoms with Crippen LogP contribution in [0.1, 0.15) is 17.1 Å². The number of rotatable bonds is 5. The van der Waals surface area contributed by atoms with Crippen molar-refractivity contribution in [3.05, 3.63) is 46.6 Å². The lowest BCUT2D eigenvalue weighted by Crippen LogP contribution is -2.30. The van der Waals surface area contributed by atoms with Gasteiger partial charge < -0.3 is 8.94 Å². The van der Waals surface area contributed by atoms with Crippen LogP contribution < -0.4 is 0 Å². The van der Waals surface area contributed by atoms with E-state index in [1.807, 2.05) is 23.5 Å². The van der Waals surface area contributed by atoms with Crippen molar-refractivity contribution in [2.75, 3.05) is 26.2 Å². The Balaban J connectivity index is 1.32. The van der Waals surface area contributed by atoms with Gasteiger partial charge in [0.15, 0.2) is 11.6 Å². The van der Waals surface area contributed by atoms with Crippen LogP contribution in [-0.2, 0) is 13.1 Å². The minimum atomic E-state index is 0.448. The van der Waals surface area contributed by atoms with E-state index in [4.69, 9.17) is 8.94 Å². The Morgan fingerprint density at radius 2 is 1.92 bits per heavy atom. The van der Waals surface area contributed by atoms with Gasteiger partial charge in [0.25, 0.3) is 5.89 Å². The lowest BCUT2D eigenvalue weighted by atomic mass is 10.3. The number of hydrogen-bond donors (Lipinski definition) is 0. The molecule has 0 aliphatic carbocycles. The maximum atomic E-state index is 5.29. The molecule has 0 aromatic carbocycles. The molecule has 0 atom stereocenters. The van der Waals surface area contributed by atoms with Gasteiger partial charge in [-0.15, -0.1) is 11.3 Å². The van der Waals surface area contributed by atoms with Gasteiger partial charge in [0.05, 0.1) is 12.8 Å². The summed E-state index contributed by atoms with van der Waals surface area (Å²) in [6.07, 6.45) is 2.77. The van der Waals surface area contributed by atoms with Crippen LogP contribution in [0.5, 0.6) is 0 Å². The third kappa shape index (κ3) is 3.75. The van der Waals surface area contributed by atoms with Gasteiger partial charge in [-0.25, -0.2) is 0 Å². The predicted octanol–water partition coefficient (Wildman–Crippen LogP) is 3.10. The fourth-order valence-electron chi connectivity index (χ4n) is 2.98. The van der Waals surface area contributed by atoms with Crippen LogP contribution in [0.4, 0.5) is 0 Å². The SMILES string of the molecule is c1coc(-c2nc(CN3CCCN(Cc4cccs4)CC3)no2)c1. The third-order valence-electron chi connectivity index (χ3n) is 4.21. The summed E-state index contributed by atoms with van der Waals surface area (Å²) in [5.74, 6) is 1.78. The van der Waals surface area contributed by atoms with Gasteiger partial charge in [-0.2, -0.15) is 4.98 Å². The molecule has 0 amide bonds. The summed E-state index contributed by atoms with van der Waals surface area (Å²) in [6.45, 7) is 6.06. The first kappa shape index (κ1) is 15.6. The Morgan fingerprint density at radius 3 is 2.67 bits per heavy atom. The third-order valence-corrected chi connectivity index (χ3v) is 5.07. The Bertz CT molecular complexity index is 739. The largest absolute Gasteiger partial charge is 0.459 e. The normalized spacial score (nSPS) is 17.2. The quantitative estimate of drug-likeness (QED) is 0.709. The van der Waals surface area contributed by atoms with Crippen LogP contribution in [0, 0.1) is 0 Å². The highest BCUT2D eigenvalue weighted by molar-refractivity contribution is 7.09. The lowest BCUT2D eigenvalue weighted by molar-refractivity contribution is 0.242. The first-order valence-corrected chi connectivity index (χ1v) is 9.08. The highest BCUT2D eigenvalue weighted by Crippen LogP contribution is 2.18. The maximum Gasteiger partial charge on any atom is 0.293 e. The second kappa shape index (κ2) is 7.29. The number of furan rings is 1. The van der Waals surface area contributed by atoms with Crippen molar-refractivity contribution in [1.29, 1.82) is 0 Å². The van der Waals surface area contributed by atoms with Crippen LogP contribution in [0.15, 0.2) is 44.8 Å². The van der Waals surface area contributed by atoms with Crippen LogP contribution in [0.2, 0.25) is 0 Å². The van der Waals surface area contributed by atoms with Crippen molar-refractivity contribution >= 4 is 11.3 Å². The second-order valence-electron chi connectivity index (χ2n) is 5.98. The molecular formula is C17H20N4O2S. The molecule has 0 bridgehead atoms. The maximum absolute atomic E-state index is 5.29. The van der Waals surface area contributed by atoms with Gasteiger partial charge in [0.1, 0.15) is 0 Å². The fourth-order valence-corrected chi connectivity index (χ4v) is 3.73. The summed E-state index contributed by atoms with van der Waals surface area (Å²) in [5.41, 5.74) is 0. The van der Waals surface area contributed by atoms with Crippen molar-refractivity contribution in [2.45, 2.75) is 19.5 Å². The number of nitrogens with zero attached hydrogens (tertiary/aromatic N) is 4. The van der Waals surface area contributed by atoms with E-state index < -0.39 is 0 Å². The van der Waals surface area contributed by atoms with Crippen molar-refractivity contribution in [3.8, 4) is 11.7 Å². The summed E-state index contributed by atoms with van der Waals surface area (Å²) in [4.78, 5) is 10.8. The molecule has 0 spiro atoms. The molecule has 1 aliphatic heterocycles. The molecule has 3 aromatic heterocycles. The molecule has 126 valence electrons. The molecule has 1 saturated heterocycles. The average molecular weight is 344 g/mol. The summed E-state index contributed by atoms with van der Waals surface area (Å²) >= 11 is 1.83. The Kier molecular flexibility index (Phi) is 4.73. The molecule has 1 fully saturated rings. The van der Waals surface area contributed by atoms with E-state index >= 15 is 0 Å². The van der Waals surface area contributed by atoms with Gasteiger partial charge >= 0.3 is 0 Å². The van der Waals surface area contributed by atoms with Crippen LogP contribution >= 0.6 is 11.3 Å². The smallest absolute Gasteiger partial charge is 0.293 e. The molecule has 3 aromatic rings. The first-order chi connectivity index (χ1) is 11.9. The molecule has 7 heteroatoms. The molecular weight excluding hydrogens is 324 g/mol. The average Bonchev–Trinajstić information content (AvgIpc) is 3.31. The van der Waals surface area contributed by atoms with Crippen LogP contribution in [0.25, 0.3) is 11.7 Å². The first-order valence-electron chi connectivity index (χ1n) is 8.20. The van der Waals surface area contributed by atoms with Crippen molar-refractivity contribution in [2.24, 2.45) is 0 Å². The lowest BCUT2D eigenvalue weighted by Gasteiger charge is -2.20. The Morgan fingerprint density at radius 1 is 1.04 bits per heavy atom. The van der Waals surface area contributed by atoms with Gasteiger partial charge in [-0.3, -0.25) is 9.80 Å². The number of hydrogen-bond acceptors (Lipinski definition) is 7. The summed E-state index contributed by atoms with van der Waals surface area (Å²) < 4.78 is 10.6. The van der Waals surface area contributed by atoms with Gasteiger partial charge in [-0.05, 0) is 43.1 Å². The zero-order valence-electron chi connectivity index (χ0n) is 13.4. The molecule has 0 saturated carbocycles. The minimum Gasteiger partial charge on any atom is -0.459 e. The fraction of sp³-hybridized carbons (Fsp3) is 0.412. The monoisotopic (exact) mass is 344 g/mol. The van der Waals surface area contributed by atoms with Crippen LogP contribution in [-0.4, -0.2) is 46.1 Å². The second-order valence-corrected chi connectivity index (χ2v) is 7.01. The highest BCUT2D eigenvalue weighted by Gasteiger charge is 2.18. The molecule has 4 heterocycles. The van der Waals surface area contributed by atoms with E-state index in [0.717, 1.165) is 45.7 Å². The van der Waals surface area contributed by atoms with E-state index in [9.17, 15) is 0 Å². The molecule has 4 rings (SSSR count). The summed E-state index contributed by atoms with van der Waals surface area (Å²) in [5, 5.41) is 6.22. The van der Waals surface area contributed by atoms with E-state index in [0.29, 0.717) is 17.5 Å². The van der Waals surface area contributed by atoms with E-state index in [-0.39, 0.29) is 0 Å². The molecule has 0 radical (unpaired) electrons. The standard InChI is InChI=1S/C17H20N4O2S/c1-5-15(22-10-1)17-18-16(19-23-17)13-21-7-3-6-20(8-9-21)12-14-4-2-11-24-14/h1-2,4-5,10-11H,3,6-9,12-13H2. The van der Waals surface area contributed by atoms with Crippen molar-refractivity contribution in [1.82, 2.24) is 19.9 Å². The number of thiophene rings is 1. The predicted molar refractivity (Wildman–Crippen MR) is 91.5 cm³/mol. The minimum absolute atomic E-state index is 0.448. The zero-order chi connectivity index (χ0) is 16.2.